The number of esters is 1. The third kappa shape index (κ3) is 5.21. The molecule has 0 aromatic heterocycles. The molecular formula is C22H18N2O6S2. The number of carbonyl (C=O) groups is 2. The molecule has 2 aromatic carbocycles. The molecule has 0 radical (unpaired) electrons. The lowest BCUT2D eigenvalue weighted by Gasteiger charge is -2.12. The van der Waals surface area contributed by atoms with Gasteiger partial charge in [-0.3, -0.25) is 19.8 Å². The Morgan fingerprint density at radius 3 is 2.75 bits per heavy atom. The van der Waals surface area contributed by atoms with E-state index in [1.165, 1.54) is 40.9 Å². The van der Waals surface area contributed by atoms with Gasteiger partial charge in [0, 0.05) is 18.7 Å². The molecule has 1 heterocycles. The maximum absolute atomic E-state index is 12.5. The molecule has 1 aliphatic heterocycles. The molecule has 1 saturated heterocycles. The average Bonchev–Trinajstić information content (AvgIpc) is 3.03. The van der Waals surface area contributed by atoms with E-state index in [2.05, 4.69) is 6.58 Å². The summed E-state index contributed by atoms with van der Waals surface area (Å²) in [4.78, 5) is 37.3. The van der Waals surface area contributed by atoms with Crippen LogP contribution in [0.5, 0.6) is 11.5 Å². The van der Waals surface area contributed by atoms with Crippen LogP contribution in [0, 0.1) is 10.1 Å². The van der Waals surface area contributed by atoms with Crippen LogP contribution in [-0.4, -0.2) is 39.2 Å². The molecule has 32 heavy (non-hydrogen) atoms. The Balaban J connectivity index is 1.85. The number of benzene rings is 2. The smallest absolute Gasteiger partial charge is 0.343 e. The van der Waals surface area contributed by atoms with Crippen LogP contribution in [0.1, 0.15) is 22.8 Å². The summed E-state index contributed by atoms with van der Waals surface area (Å²) in [5, 5.41) is 10.9. The third-order valence-electron chi connectivity index (χ3n) is 4.25. The summed E-state index contributed by atoms with van der Waals surface area (Å²) in [7, 11) is 0. The van der Waals surface area contributed by atoms with E-state index in [4.69, 9.17) is 21.7 Å². The van der Waals surface area contributed by atoms with Crippen LogP contribution in [0.25, 0.3) is 6.08 Å². The first-order valence-corrected chi connectivity index (χ1v) is 10.7. The van der Waals surface area contributed by atoms with Crippen LogP contribution < -0.4 is 9.47 Å². The highest BCUT2D eigenvalue weighted by molar-refractivity contribution is 8.26. The number of nitro groups is 1. The number of ether oxygens (including phenoxy) is 2. The number of nitrogens with zero attached hydrogens (tertiary/aromatic N) is 2. The van der Waals surface area contributed by atoms with E-state index in [9.17, 15) is 19.7 Å². The minimum absolute atomic E-state index is 0.0385. The quantitative estimate of drug-likeness (QED) is 0.105. The van der Waals surface area contributed by atoms with E-state index in [1.54, 1.807) is 31.2 Å². The fourth-order valence-corrected chi connectivity index (χ4v) is 4.09. The van der Waals surface area contributed by atoms with Crippen molar-refractivity contribution >= 4 is 51.9 Å². The lowest BCUT2D eigenvalue weighted by atomic mass is 10.1. The van der Waals surface area contributed by atoms with E-state index in [-0.39, 0.29) is 22.9 Å². The predicted octanol–water partition coefficient (Wildman–Crippen LogP) is 4.60. The second-order valence-corrected chi connectivity index (χ2v) is 8.09. The van der Waals surface area contributed by atoms with Gasteiger partial charge in [-0.15, -0.1) is 6.58 Å². The van der Waals surface area contributed by atoms with Crippen molar-refractivity contribution in [1.29, 1.82) is 0 Å². The normalized spacial score (nSPS) is 14.5. The first-order chi connectivity index (χ1) is 15.3. The van der Waals surface area contributed by atoms with Gasteiger partial charge in [0.1, 0.15) is 4.32 Å². The SMILES string of the molecule is C=CCN1C(=O)C(=Cc2ccc(OC(=O)c3cccc([N+](=O)[O-])c3)c(OCC)c2)SC1=S. The fourth-order valence-electron chi connectivity index (χ4n) is 2.81. The molecule has 0 spiro atoms. The number of thioether (sulfide) groups is 1. The van der Waals surface area contributed by atoms with E-state index in [0.717, 1.165) is 6.07 Å². The van der Waals surface area contributed by atoms with Crippen molar-refractivity contribution in [1.82, 2.24) is 4.90 Å². The highest BCUT2D eigenvalue weighted by Gasteiger charge is 2.31. The second-order valence-electron chi connectivity index (χ2n) is 6.42. The number of amides is 1. The molecule has 0 saturated carbocycles. The highest BCUT2D eigenvalue weighted by atomic mass is 32.2. The zero-order valence-corrected chi connectivity index (χ0v) is 18.6. The molecule has 2 aromatic rings. The average molecular weight is 471 g/mol. The van der Waals surface area contributed by atoms with Crippen molar-refractivity contribution < 1.29 is 24.0 Å². The van der Waals surface area contributed by atoms with E-state index >= 15 is 0 Å². The molecule has 164 valence electrons. The summed E-state index contributed by atoms with van der Waals surface area (Å²) >= 11 is 6.43. The molecule has 0 atom stereocenters. The lowest BCUT2D eigenvalue weighted by molar-refractivity contribution is -0.384. The molecule has 0 aliphatic carbocycles. The Bertz CT molecular complexity index is 1140. The molecule has 1 fully saturated rings. The van der Waals surface area contributed by atoms with Crippen molar-refractivity contribution in [3.05, 3.63) is 81.3 Å². The van der Waals surface area contributed by atoms with Crippen LogP contribution in [-0.2, 0) is 4.79 Å². The molecule has 0 N–H and O–H groups in total. The number of thiocarbonyl (C=S) groups is 1. The van der Waals surface area contributed by atoms with Crippen LogP contribution in [0.3, 0.4) is 0 Å². The van der Waals surface area contributed by atoms with E-state index in [1.807, 2.05) is 0 Å². The number of non-ortho nitro benzene ring substituents is 1. The van der Waals surface area contributed by atoms with Gasteiger partial charge in [0.2, 0.25) is 0 Å². The van der Waals surface area contributed by atoms with Gasteiger partial charge in [-0.1, -0.05) is 42.2 Å². The Morgan fingerprint density at radius 1 is 1.28 bits per heavy atom. The van der Waals surface area contributed by atoms with Gasteiger partial charge in [0.05, 0.1) is 22.0 Å². The standard InChI is InChI=1S/C22H18N2O6S2/c1-3-10-23-20(25)19(32-22(23)31)12-14-8-9-17(18(11-14)29-4-2)30-21(26)15-6-5-7-16(13-15)24(27)28/h3,5-9,11-13H,1,4,10H2,2H3. The molecule has 8 nitrogen and oxygen atoms in total. The summed E-state index contributed by atoms with van der Waals surface area (Å²) in [6.45, 7) is 6.05. The van der Waals surface area contributed by atoms with Crippen molar-refractivity contribution in [2.24, 2.45) is 0 Å². The monoisotopic (exact) mass is 470 g/mol. The first kappa shape index (κ1) is 23.2. The first-order valence-electron chi connectivity index (χ1n) is 9.43. The van der Waals surface area contributed by atoms with Crippen LogP contribution in [0.4, 0.5) is 5.69 Å². The topological polar surface area (TPSA) is 99.0 Å². The fraction of sp³-hybridized carbons (Fsp3) is 0.136. The molecule has 1 aliphatic rings. The second kappa shape index (κ2) is 10.2. The summed E-state index contributed by atoms with van der Waals surface area (Å²) in [6.07, 6.45) is 3.28. The van der Waals surface area contributed by atoms with Gasteiger partial charge in [-0.2, -0.15) is 0 Å². The van der Waals surface area contributed by atoms with Crippen LogP contribution in [0.15, 0.2) is 60.0 Å². The van der Waals surface area contributed by atoms with Crippen LogP contribution in [0.2, 0.25) is 0 Å². The molecular weight excluding hydrogens is 452 g/mol. The highest BCUT2D eigenvalue weighted by Crippen LogP contribution is 2.35. The number of nitro benzene ring substituents is 1. The molecule has 3 rings (SSSR count). The third-order valence-corrected chi connectivity index (χ3v) is 5.62. The summed E-state index contributed by atoms with van der Waals surface area (Å²) < 4.78 is 11.5. The van der Waals surface area contributed by atoms with E-state index in [0.29, 0.717) is 33.7 Å². The van der Waals surface area contributed by atoms with E-state index < -0.39 is 10.9 Å². The zero-order valence-electron chi connectivity index (χ0n) is 17.0. The number of rotatable bonds is 8. The number of hydrogen-bond donors (Lipinski definition) is 0. The molecule has 0 bridgehead atoms. The van der Waals surface area contributed by atoms with Gasteiger partial charge in [-0.05, 0) is 36.8 Å². The minimum Gasteiger partial charge on any atom is -0.490 e. The maximum Gasteiger partial charge on any atom is 0.343 e. The summed E-state index contributed by atoms with van der Waals surface area (Å²) in [5.74, 6) is -0.520. The number of hydrogen-bond acceptors (Lipinski definition) is 8. The van der Waals surface area contributed by atoms with Gasteiger partial charge < -0.3 is 9.47 Å². The van der Waals surface area contributed by atoms with Crippen molar-refractivity contribution in [2.75, 3.05) is 13.2 Å². The van der Waals surface area contributed by atoms with Gasteiger partial charge in [0.25, 0.3) is 11.6 Å². The minimum atomic E-state index is -0.757. The maximum atomic E-state index is 12.5. The predicted molar refractivity (Wildman–Crippen MR) is 126 cm³/mol. The molecule has 0 unspecified atom stereocenters. The lowest BCUT2D eigenvalue weighted by Crippen LogP contribution is -2.27. The number of carbonyl (C=O) groups excluding carboxylic acids is 2. The Labute approximate surface area is 193 Å². The summed E-state index contributed by atoms with van der Waals surface area (Å²) in [6, 6.07) is 10.1. The molecule has 1 amide bonds. The summed E-state index contributed by atoms with van der Waals surface area (Å²) in [5.41, 5.74) is 0.480. The Kier molecular flexibility index (Phi) is 7.39. The zero-order chi connectivity index (χ0) is 23.3. The Morgan fingerprint density at radius 2 is 2.06 bits per heavy atom. The Hall–Kier alpha value is -3.50. The van der Waals surface area contributed by atoms with Gasteiger partial charge >= 0.3 is 5.97 Å². The van der Waals surface area contributed by atoms with Crippen LogP contribution >= 0.6 is 24.0 Å². The van der Waals surface area contributed by atoms with Gasteiger partial charge in [0.15, 0.2) is 11.5 Å². The van der Waals surface area contributed by atoms with Gasteiger partial charge in [-0.25, -0.2) is 4.79 Å². The van der Waals surface area contributed by atoms with Crippen molar-refractivity contribution in [3.8, 4) is 11.5 Å². The largest absolute Gasteiger partial charge is 0.490 e. The van der Waals surface area contributed by atoms with Crippen molar-refractivity contribution in [2.45, 2.75) is 6.92 Å². The molecule has 10 heteroatoms. The van der Waals surface area contributed by atoms with Crippen molar-refractivity contribution in [3.63, 3.8) is 0 Å².